The van der Waals surface area contributed by atoms with Crippen LogP contribution in [0.15, 0.2) is 42.6 Å². The molecule has 2 aromatic heterocycles. The van der Waals surface area contributed by atoms with Gasteiger partial charge in [-0.3, -0.25) is 4.79 Å². The molecule has 1 atom stereocenters. The molecule has 37 heavy (non-hydrogen) atoms. The lowest BCUT2D eigenvalue weighted by molar-refractivity contribution is -0.114. The topological polar surface area (TPSA) is 96.8 Å². The fraction of sp³-hybridized carbons (Fsp3) is 0.308. The molecule has 1 amide bonds. The Morgan fingerprint density at radius 2 is 2.05 bits per heavy atom. The summed E-state index contributed by atoms with van der Waals surface area (Å²) in [4.78, 5) is 25.5. The smallest absolute Gasteiger partial charge is 0.225 e. The Labute approximate surface area is 217 Å². The third-order valence-corrected chi connectivity index (χ3v) is 6.62. The van der Waals surface area contributed by atoms with Crippen molar-refractivity contribution in [3.05, 3.63) is 64.8 Å². The van der Waals surface area contributed by atoms with Crippen LogP contribution in [0.25, 0.3) is 22.6 Å². The number of benzene rings is 2. The number of amides is 1. The van der Waals surface area contributed by atoms with Gasteiger partial charge >= 0.3 is 0 Å². The number of imidazole rings is 1. The van der Waals surface area contributed by atoms with Gasteiger partial charge in [0.1, 0.15) is 11.3 Å². The van der Waals surface area contributed by atoms with Crippen molar-refractivity contribution in [3.63, 3.8) is 0 Å². The van der Waals surface area contributed by atoms with Gasteiger partial charge in [-0.25, -0.2) is 18.7 Å². The normalized spacial score (nSPS) is 15.6. The minimum Gasteiger partial charge on any atom is -0.350 e. The van der Waals surface area contributed by atoms with Crippen LogP contribution in [0, 0.1) is 17.6 Å². The van der Waals surface area contributed by atoms with Gasteiger partial charge in [-0.1, -0.05) is 17.7 Å². The van der Waals surface area contributed by atoms with Crippen LogP contribution >= 0.6 is 11.6 Å². The number of aromatic nitrogens is 4. The van der Waals surface area contributed by atoms with E-state index in [0.29, 0.717) is 57.2 Å². The second kappa shape index (κ2) is 10.8. The third-order valence-electron chi connectivity index (χ3n) is 6.29. The SMILES string of the molecule is CC(=O)Nc1ccc(Cl)c(-c2nc3cnc(NCc4ccc(F)c(F)c4)nc3n2C[C@@H]2CCCNC2)c1. The summed E-state index contributed by atoms with van der Waals surface area (Å²) in [6.45, 7) is 4.22. The Bertz CT molecular complexity index is 1450. The van der Waals surface area contributed by atoms with Crippen LogP contribution in [0.3, 0.4) is 0 Å². The number of fused-ring (bicyclic) bond motifs is 1. The largest absolute Gasteiger partial charge is 0.350 e. The maximum absolute atomic E-state index is 13.6. The van der Waals surface area contributed by atoms with Gasteiger partial charge in [-0.15, -0.1) is 0 Å². The molecule has 3 heterocycles. The molecule has 0 unspecified atom stereocenters. The fourth-order valence-electron chi connectivity index (χ4n) is 4.53. The first kappa shape index (κ1) is 25.0. The summed E-state index contributed by atoms with van der Waals surface area (Å²) >= 11 is 6.60. The number of hydrogen-bond acceptors (Lipinski definition) is 6. The first-order valence-electron chi connectivity index (χ1n) is 12.1. The van der Waals surface area contributed by atoms with E-state index < -0.39 is 11.6 Å². The number of nitrogens with one attached hydrogen (secondary N) is 3. The molecule has 11 heteroatoms. The van der Waals surface area contributed by atoms with Crippen LogP contribution < -0.4 is 16.0 Å². The quantitative estimate of drug-likeness (QED) is 0.314. The number of halogens is 3. The van der Waals surface area contributed by atoms with Gasteiger partial charge in [0.05, 0.1) is 11.2 Å². The van der Waals surface area contributed by atoms with Crippen molar-refractivity contribution in [1.82, 2.24) is 24.8 Å². The summed E-state index contributed by atoms with van der Waals surface area (Å²) in [6.07, 6.45) is 3.78. The zero-order valence-corrected chi connectivity index (χ0v) is 20.9. The van der Waals surface area contributed by atoms with E-state index in [2.05, 4.69) is 20.9 Å². The van der Waals surface area contributed by atoms with Crippen molar-refractivity contribution >= 4 is 40.3 Å². The number of carbonyl (C=O) groups excluding carboxylic acids is 1. The van der Waals surface area contributed by atoms with Gasteiger partial charge in [0.2, 0.25) is 11.9 Å². The number of rotatable bonds is 7. The molecule has 4 aromatic rings. The van der Waals surface area contributed by atoms with Crippen LogP contribution in [0.2, 0.25) is 5.02 Å². The lowest BCUT2D eigenvalue weighted by Crippen LogP contribution is -2.32. The Balaban J connectivity index is 1.52. The first-order valence-corrected chi connectivity index (χ1v) is 12.4. The average Bonchev–Trinajstić information content (AvgIpc) is 3.23. The van der Waals surface area contributed by atoms with Crippen molar-refractivity contribution in [1.29, 1.82) is 0 Å². The van der Waals surface area contributed by atoms with E-state index in [1.165, 1.54) is 13.0 Å². The number of carbonyl (C=O) groups is 1. The molecule has 0 radical (unpaired) electrons. The monoisotopic (exact) mass is 525 g/mol. The molecule has 8 nitrogen and oxygen atoms in total. The van der Waals surface area contributed by atoms with E-state index >= 15 is 0 Å². The molecule has 1 aliphatic rings. The van der Waals surface area contributed by atoms with E-state index in [4.69, 9.17) is 21.6 Å². The van der Waals surface area contributed by atoms with Crippen LogP contribution in [0.4, 0.5) is 20.4 Å². The number of hydrogen-bond donors (Lipinski definition) is 3. The number of piperidine rings is 1. The average molecular weight is 526 g/mol. The molecule has 0 bridgehead atoms. The molecular formula is C26H26ClF2N7O. The van der Waals surface area contributed by atoms with E-state index in [-0.39, 0.29) is 12.5 Å². The van der Waals surface area contributed by atoms with Gasteiger partial charge in [-0.05, 0) is 67.7 Å². The maximum atomic E-state index is 13.6. The van der Waals surface area contributed by atoms with Crippen molar-refractivity contribution < 1.29 is 13.6 Å². The van der Waals surface area contributed by atoms with Crippen LogP contribution in [0.1, 0.15) is 25.3 Å². The summed E-state index contributed by atoms with van der Waals surface area (Å²) in [5, 5.41) is 9.82. The Kier molecular flexibility index (Phi) is 7.29. The molecule has 0 saturated carbocycles. The minimum atomic E-state index is -0.905. The standard InChI is InChI=1S/C26H26ClF2N7O/c1-15(37)33-18-5-6-20(27)19(10-18)24-34-23-13-32-26(31-12-16-4-7-21(28)22(29)9-16)35-25(23)36(24)14-17-3-2-8-30-11-17/h4-7,9-10,13,17,30H,2-3,8,11-12,14H2,1H3,(H,33,37)(H,31,32,35)/t17-/m1/s1. The number of nitrogens with zero attached hydrogens (tertiary/aromatic N) is 4. The first-order chi connectivity index (χ1) is 17.9. The van der Waals surface area contributed by atoms with E-state index in [1.807, 2.05) is 4.57 Å². The van der Waals surface area contributed by atoms with Gasteiger partial charge in [0.15, 0.2) is 17.3 Å². The molecule has 0 aliphatic carbocycles. The van der Waals surface area contributed by atoms with Crippen molar-refractivity contribution in [2.24, 2.45) is 5.92 Å². The fourth-order valence-corrected chi connectivity index (χ4v) is 4.73. The lowest BCUT2D eigenvalue weighted by Gasteiger charge is -2.24. The Morgan fingerprint density at radius 1 is 1.19 bits per heavy atom. The molecule has 3 N–H and O–H groups in total. The highest BCUT2D eigenvalue weighted by atomic mass is 35.5. The van der Waals surface area contributed by atoms with Crippen molar-refractivity contribution in [2.45, 2.75) is 32.9 Å². The van der Waals surface area contributed by atoms with E-state index in [9.17, 15) is 13.6 Å². The van der Waals surface area contributed by atoms with Crippen molar-refractivity contribution in [3.8, 4) is 11.4 Å². The summed E-state index contributed by atoms with van der Waals surface area (Å²) in [5.74, 6) is -0.641. The van der Waals surface area contributed by atoms with Gasteiger partial charge < -0.3 is 20.5 Å². The predicted molar refractivity (Wildman–Crippen MR) is 139 cm³/mol. The maximum Gasteiger partial charge on any atom is 0.225 e. The highest BCUT2D eigenvalue weighted by molar-refractivity contribution is 6.33. The van der Waals surface area contributed by atoms with E-state index in [0.717, 1.165) is 38.1 Å². The molecular weight excluding hydrogens is 500 g/mol. The van der Waals surface area contributed by atoms with Gasteiger partial charge in [0.25, 0.3) is 0 Å². The summed E-state index contributed by atoms with van der Waals surface area (Å²) < 4.78 is 28.9. The predicted octanol–water partition coefficient (Wildman–Crippen LogP) is 5.00. The molecule has 1 saturated heterocycles. The highest BCUT2D eigenvalue weighted by Gasteiger charge is 2.22. The second-order valence-corrected chi connectivity index (χ2v) is 9.55. The lowest BCUT2D eigenvalue weighted by atomic mass is 9.99. The second-order valence-electron chi connectivity index (χ2n) is 9.14. The van der Waals surface area contributed by atoms with Gasteiger partial charge in [-0.2, -0.15) is 4.98 Å². The Hall–Kier alpha value is -3.63. The molecule has 2 aromatic carbocycles. The van der Waals surface area contributed by atoms with Crippen LogP contribution in [-0.4, -0.2) is 38.5 Å². The third kappa shape index (κ3) is 5.70. The van der Waals surface area contributed by atoms with Crippen LogP contribution in [-0.2, 0) is 17.9 Å². The van der Waals surface area contributed by atoms with Crippen molar-refractivity contribution in [2.75, 3.05) is 23.7 Å². The van der Waals surface area contributed by atoms with Crippen LogP contribution in [0.5, 0.6) is 0 Å². The highest BCUT2D eigenvalue weighted by Crippen LogP contribution is 2.33. The number of anilines is 2. The zero-order chi connectivity index (χ0) is 25.9. The molecule has 5 rings (SSSR count). The molecule has 0 spiro atoms. The Morgan fingerprint density at radius 3 is 2.81 bits per heavy atom. The molecule has 1 fully saturated rings. The van der Waals surface area contributed by atoms with Gasteiger partial charge in [0, 0.05) is 31.3 Å². The zero-order valence-electron chi connectivity index (χ0n) is 20.2. The summed E-state index contributed by atoms with van der Waals surface area (Å²) in [6, 6.07) is 9.01. The van der Waals surface area contributed by atoms with E-state index in [1.54, 1.807) is 24.4 Å². The summed E-state index contributed by atoms with van der Waals surface area (Å²) in [5.41, 5.74) is 3.07. The minimum absolute atomic E-state index is 0.183. The molecule has 192 valence electrons. The summed E-state index contributed by atoms with van der Waals surface area (Å²) in [7, 11) is 0. The molecule has 1 aliphatic heterocycles.